The first-order valence-corrected chi connectivity index (χ1v) is 5.55. The molecule has 3 nitrogen and oxygen atoms in total. The maximum Gasteiger partial charge on any atom is 0.0698 e. The summed E-state index contributed by atoms with van der Waals surface area (Å²) in [6, 6.07) is 0. The molecule has 0 aliphatic carbocycles. The van der Waals surface area contributed by atoms with Crippen molar-refractivity contribution in [3.8, 4) is 11.8 Å². The highest BCUT2D eigenvalue weighted by atomic mass is 16.7. The van der Waals surface area contributed by atoms with Crippen LogP contribution >= 0.6 is 0 Å². The van der Waals surface area contributed by atoms with Gasteiger partial charge in [-0.1, -0.05) is 12.8 Å². The molecule has 0 aromatic carbocycles. The maximum absolute atomic E-state index is 5.18. The lowest BCUT2D eigenvalue weighted by molar-refractivity contribution is 0.00872. The van der Waals surface area contributed by atoms with E-state index in [1.54, 1.807) is 0 Å². The Morgan fingerprint density at radius 1 is 0.857 bits per heavy atom. The molecule has 14 heavy (non-hydrogen) atoms. The third-order valence-corrected chi connectivity index (χ3v) is 2.17. The van der Waals surface area contributed by atoms with E-state index < -0.39 is 0 Å². The molecule has 80 valence electrons. The molecule has 0 amide bonds. The second-order valence-electron chi connectivity index (χ2n) is 3.50. The highest BCUT2D eigenvalue weighted by molar-refractivity contribution is 4.98. The minimum Gasteiger partial charge on any atom is -0.287 e. The quantitative estimate of drug-likeness (QED) is 0.579. The normalized spacial score (nSPS) is 21.7. The summed E-state index contributed by atoms with van der Waals surface area (Å²) >= 11 is 0. The van der Waals surface area contributed by atoms with Crippen LogP contribution in [-0.2, 0) is 4.84 Å². The van der Waals surface area contributed by atoms with E-state index in [4.69, 9.17) is 4.84 Å². The van der Waals surface area contributed by atoms with Gasteiger partial charge in [-0.15, -0.1) is 17.4 Å². The van der Waals surface area contributed by atoms with Gasteiger partial charge in [-0.2, -0.15) is 0 Å². The predicted octanol–water partition coefficient (Wildman–Crippen LogP) is 1.76. The first-order valence-electron chi connectivity index (χ1n) is 5.55. The molecule has 0 bridgehead atoms. The molecule has 0 radical (unpaired) electrons. The van der Waals surface area contributed by atoms with Gasteiger partial charge in [0.2, 0.25) is 0 Å². The van der Waals surface area contributed by atoms with Crippen molar-refractivity contribution in [2.45, 2.75) is 44.9 Å². The monoisotopic (exact) mass is 196 g/mol. The fourth-order valence-corrected chi connectivity index (χ4v) is 1.34. The van der Waals surface area contributed by atoms with Gasteiger partial charge in [-0.3, -0.25) is 4.84 Å². The summed E-state index contributed by atoms with van der Waals surface area (Å²) < 4.78 is 0. The van der Waals surface area contributed by atoms with E-state index in [0.29, 0.717) is 0 Å². The Morgan fingerprint density at radius 2 is 1.64 bits per heavy atom. The molecule has 1 heterocycles. The third-order valence-electron chi connectivity index (χ3n) is 2.17. The van der Waals surface area contributed by atoms with E-state index in [9.17, 15) is 0 Å². The molecule has 2 N–H and O–H groups in total. The van der Waals surface area contributed by atoms with Crippen molar-refractivity contribution in [3.63, 3.8) is 0 Å². The minimum absolute atomic E-state index is 0.790. The van der Waals surface area contributed by atoms with Gasteiger partial charge in [0.25, 0.3) is 0 Å². The van der Waals surface area contributed by atoms with E-state index in [1.165, 1.54) is 19.3 Å². The van der Waals surface area contributed by atoms with Crippen molar-refractivity contribution in [3.05, 3.63) is 0 Å². The van der Waals surface area contributed by atoms with Crippen molar-refractivity contribution in [1.29, 1.82) is 0 Å². The molecule has 0 unspecified atom stereocenters. The summed E-state index contributed by atoms with van der Waals surface area (Å²) in [5, 5.41) is 0. The van der Waals surface area contributed by atoms with Gasteiger partial charge < -0.3 is 0 Å². The Bertz CT molecular complexity index is 165. The molecule has 1 rings (SSSR count). The molecular formula is C11H20N2O. The Balaban J connectivity index is 2.12. The lowest BCUT2D eigenvalue weighted by atomic mass is 10.1. The molecule has 1 aliphatic rings. The largest absolute Gasteiger partial charge is 0.287 e. The van der Waals surface area contributed by atoms with E-state index in [1.807, 2.05) is 0 Å². The Hall–Kier alpha value is -0.560. The average Bonchev–Trinajstić information content (AvgIpc) is 2.22. The molecular weight excluding hydrogens is 176 g/mol. The molecule has 0 fully saturated rings. The van der Waals surface area contributed by atoms with Crippen LogP contribution in [0.25, 0.3) is 0 Å². The summed E-state index contributed by atoms with van der Waals surface area (Å²) in [5.41, 5.74) is 5.74. The van der Waals surface area contributed by atoms with Gasteiger partial charge in [0.15, 0.2) is 0 Å². The van der Waals surface area contributed by atoms with Crippen molar-refractivity contribution in [2.75, 3.05) is 13.2 Å². The van der Waals surface area contributed by atoms with E-state index in [2.05, 4.69) is 22.9 Å². The van der Waals surface area contributed by atoms with Gasteiger partial charge in [0.1, 0.15) is 0 Å². The van der Waals surface area contributed by atoms with Crippen LogP contribution in [0.5, 0.6) is 0 Å². The number of hydrogen-bond acceptors (Lipinski definition) is 3. The minimum atomic E-state index is 0.790. The van der Waals surface area contributed by atoms with Gasteiger partial charge in [-0.25, -0.2) is 5.43 Å². The summed E-state index contributed by atoms with van der Waals surface area (Å²) in [4.78, 5) is 5.18. The highest BCUT2D eigenvalue weighted by Crippen LogP contribution is 2.02. The molecule has 1 aliphatic heterocycles. The topological polar surface area (TPSA) is 33.3 Å². The summed E-state index contributed by atoms with van der Waals surface area (Å²) in [7, 11) is 0. The van der Waals surface area contributed by atoms with Crippen LogP contribution < -0.4 is 11.0 Å². The van der Waals surface area contributed by atoms with Crippen molar-refractivity contribution in [1.82, 2.24) is 11.0 Å². The summed E-state index contributed by atoms with van der Waals surface area (Å²) in [6.45, 7) is 1.70. The standard InChI is InChI=1S/C11H20N2O/c1-2-4-6-8-10-12-13-14-11-9-7-5-3-1/h12-13H,1,3,5-11H2. The first kappa shape index (κ1) is 11.5. The third kappa shape index (κ3) is 6.90. The van der Waals surface area contributed by atoms with Crippen LogP contribution in [-0.4, -0.2) is 13.2 Å². The molecule has 0 atom stereocenters. The zero-order valence-corrected chi connectivity index (χ0v) is 8.77. The van der Waals surface area contributed by atoms with E-state index >= 15 is 0 Å². The molecule has 3 heteroatoms. The van der Waals surface area contributed by atoms with Gasteiger partial charge in [0, 0.05) is 19.4 Å². The lowest BCUT2D eigenvalue weighted by Gasteiger charge is -2.06. The van der Waals surface area contributed by atoms with E-state index in [-0.39, 0.29) is 0 Å². The first-order chi connectivity index (χ1) is 7.00. The van der Waals surface area contributed by atoms with Gasteiger partial charge in [-0.05, 0) is 19.3 Å². The zero-order chi connectivity index (χ0) is 9.90. The second kappa shape index (κ2) is 9.01. The number of hydrazine groups is 1. The van der Waals surface area contributed by atoms with Crippen molar-refractivity contribution >= 4 is 0 Å². The SMILES string of the molecule is C1#CCCCNNOCCCCCC1. The molecule has 0 saturated heterocycles. The van der Waals surface area contributed by atoms with Gasteiger partial charge >= 0.3 is 0 Å². The molecule has 0 spiro atoms. The van der Waals surface area contributed by atoms with Crippen LogP contribution in [0, 0.1) is 11.8 Å². The highest BCUT2D eigenvalue weighted by Gasteiger charge is 1.91. The van der Waals surface area contributed by atoms with E-state index in [0.717, 1.165) is 38.8 Å². The molecule has 0 aromatic heterocycles. The van der Waals surface area contributed by atoms with Crippen LogP contribution in [0.3, 0.4) is 0 Å². The van der Waals surface area contributed by atoms with Gasteiger partial charge in [0.05, 0.1) is 6.61 Å². The smallest absolute Gasteiger partial charge is 0.0698 e. The van der Waals surface area contributed by atoms with Crippen molar-refractivity contribution < 1.29 is 4.84 Å². The number of hydrogen-bond donors (Lipinski definition) is 2. The Kier molecular flexibility index (Phi) is 7.41. The second-order valence-corrected chi connectivity index (χ2v) is 3.50. The van der Waals surface area contributed by atoms with Crippen LogP contribution in [0.15, 0.2) is 0 Å². The maximum atomic E-state index is 5.18. The Labute approximate surface area is 86.5 Å². The fourth-order valence-electron chi connectivity index (χ4n) is 1.34. The summed E-state index contributed by atoms with van der Waals surface area (Å²) in [5.74, 6) is 6.39. The summed E-state index contributed by atoms with van der Waals surface area (Å²) in [6.07, 6.45) is 7.99. The van der Waals surface area contributed by atoms with Crippen LogP contribution in [0.2, 0.25) is 0 Å². The van der Waals surface area contributed by atoms with Crippen molar-refractivity contribution in [2.24, 2.45) is 0 Å². The Morgan fingerprint density at radius 3 is 2.57 bits per heavy atom. The average molecular weight is 196 g/mol. The predicted molar refractivity (Wildman–Crippen MR) is 57.2 cm³/mol. The number of nitrogens with one attached hydrogen (secondary N) is 2. The molecule has 0 aromatic rings. The fraction of sp³-hybridized carbons (Fsp3) is 0.818. The lowest BCUT2D eigenvalue weighted by Crippen LogP contribution is -2.32. The van der Waals surface area contributed by atoms with Crippen LogP contribution in [0.1, 0.15) is 44.9 Å². The zero-order valence-electron chi connectivity index (χ0n) is 8.77. The molecule has 0 saturated carbocycles. The number of rotatable bonds is 0. The van der Waals surface area contributed by atoms with Crippen LogP contribution in [0.4, 0.5) is 0 Å².